The lowest BCUT2D eigenvalue weighted by Crippen LogP contribution is -2.37. The molecule has 0 spiro atoms. The van der Waals surface area contributed by atoms with Crippen LogP contribution in [0.1, 0.15) is 19.8 Å². The largest absolute Gasteiger partial charge is 0.381 e. The van der Waals surface area contributed by atoms with Crippen molar-refractivity contribution in [3.63, 3.8) is 0 Å². The topological polar surface area (TPSA) is 89.8 Å². The number of anilines is 1. The van der Waals surface area contributed by atoms with Crippen molar-refractivity contribution < 1.29 is 18.1 Å². The summed E-state index contributed by atoms with van der Waals surface area (Å²) >= 11 is 0. The lowest BCUT2D eigenvalue weighted by molar-refractivity contribution is -0.387. The zero-order valence-electron chi connectivity index (χ0n) is 13.4. The first kappa shape index (κ1) is 17.7. The summed E-state index contributed by atoms with van der Waals surface area (Å²) in [5.41, 5.74) is 0.330. The number of hydrogen-bond acceptors (Lipinski definition) is 6. The van der Waals surface area contributed by atoms with Crippen LogP contribution < -0.4 is 4.90 Å². The zero-order chi connectivity index (χ0) is 17.0. The fourth-order valence-corrected chi connectivity index (χ4v) is 3.72. The molecule has 0 aliphatic carbocycles. The number of sulfone groups is 1. The smallest absolute Gasteiger partial charge is 0.288 e. The Balaban J connectivity index is 2.28. The third kappa shape index (κ3) is 4.42. The minimum absolute atomic E-state index is 0.230. The molecule has 2 rings (SSSR count). The van der Waals surface area contributed by atoms with Crippen molar-refractivity contribution in [3.05, 3.63) is 28.3 Å². The lowest BCUT2D eigenvalue weighted by atomic mass is 9.98. The fourth-order valence-electron chi connectivity index (χ4n) is 2.87. The average molecular weight is 342 g/mol. The van der Waals surface area contributed by atoms with Crippen molar-refractivity contribution in [2.75, 3.05) is 37.5 Å². The van der Waals surface area contributed by atoms with E-state index in [0.717, 1.165) is 32.2 Å². The Morgan fingerprint density at radius 2 is 2.17 bits per heavy atom. The molecule has 1 fully saturated rings. The van der Waals surface area contributed by atoms with Gasteiger partial charge in [0.25, 0.3) is 5.69 Å². The molecule has 0 saturated carbocycles. The molecular weight excluding hydrogens is 320 g/mol. The molecule has 128 valence electrons. The summed E-state index contributed by atoms with van der Waals surface area (Å²) in [7, 11) is -3.66. The van der Waals surface area contributed by atoms with Crippen LogP contribution >= 0.6 is 0 Å². The monoisotopic (exact) mass is 342 g/mol. The summed E-state index contributed by atoms with van der Waals surface area (Å²) in [6, 6.07) is 4.31. The van der Waals surface area contributed by atoms with Gasteiger partial charge in [-0.15, -0.1) is 0 Å². The Bertz CT molecular complexity index is 674. The first-order valence-electron chi connectivity index (χ1n) is 7.64. The van der Waals surface area contributed by atoms with E-state index >= 15 is 0 Å². The van der Waals surface area contributed by atoms with Crippen molar-refractivity contribution in [1.29, 1.82) is 0 Å². The van der Waals surface area contributed by atoms with Crippen LogP contribution in [-0.2, 0) is 14.6 Å². The van der Waals surface area contributed by atoms with Crippen LogP contribution in [0.3, 0.4) is 0 Å². The standard InChI is InChI=1S/C15H22N2O5S/c1-3-22-11-12-5-4-8-16(10-12)13-6-7-14(17(18)19)15(9-13)23(2,20)21/h6-7,9,12H,3-5,8,10-11H2,1-2H3. The van der Waals surface area contributed by atoms with Gasteiger partial charge in [-0.3, -0.25) is 10.1 Å². The highest BCUT2D eigenvalue weighted by Gasteiger charge is 2.26. The van der Waals surface area contributed by atoms with Crippen LogP contribution in [-0.4, -0.2) is 45.9 Å². The van der Waals surface area contributed by atoms with Gasteiger partial charge in [0.05, 0.1) is 11.5 Å². The number of benzene rings is 1. The van der Waals surface area contributed by atoms with E-state index in [1.54, 1.807) is 6.07 Å². The van der Waals surface area contributed by atoms with E-state index in [1.807, 2.05) is 6.92 Å². The average Bonchev–Trinajstić information content (AvgIpc) is 2.51. The molecule has 1 aromatic rings. The van der Waals surface area contributed by atoms with Crippen LogP contribution in [0.4, 0.5) is 11.4 Å². The second-order valence-electron chi connectivity index (χ2n) is 5.80. The molecule has 1 heterocycles. The Morgan fingerprint density at radius 1 is 1.43 bits per heavy atom. The minimum Gasteiger partial charge on any atom is -0.381 e. The summed E-state index contributed by atoms with van der Waals surface area (Å²) in [4.78, 5) is 12.2. The molecule has 1 atom stereocenters. The lowest BCUT2D eigenvalue weighted by Gasteiger charge is -2.34. The molecular formula is C15H22N2O5S. The molecule has 7 nitrogen and oxygen atoms in total. The number of hydrogen-bond donors (Lipinski definition) is 0. The molecule has 0 N–H and O–H groups in total. The van der Waals surface area contributed by atoms with Gasteiger partial charge in [0.2, 0.25) is 0 Å². The summed E-state index contributed by atoms with van der Waals surface area (Å²) in [5.74, 6) is 0.389. The summed E-state index contributed by atoms with van der Waals surface area (Å²) in [6.45, 7) is 4.88. The minimum atomic E-state index is -3.66. The van der Waals surface area contributed by atoms with Crippen molar-refractivity contribution in [2.24, 2.45) is 5.92 Å². The van der Waals surface area contributed by atoms with Crippen LogP contribution in [0, 0.1) is 16.0 Å². The predicted octanol–water partition coefficient (Wildman–Crippen LogP) is 2.25. The van der Waals surface area contributed by atoms with E-state index < -0.39 is 14.8 Å². The Morgan fingerprint density at radius 3 is 2.78 bits per heavy atom. The van der Waals surface area contributed by atoms with Gasteiger partial charge < -0.3 is 9.64 Å². The second kappa shape index (κ2) is 7.27. The molecule has 0 amide bonds. The molecule has 8 heteroatoms. The Kier molecular flexibility index (Phi) is 5.59. The third-order valence-corrected chi connectivity index (χ3v) is 5.11. The number of piperidine rings is 1. The number of nitrogens with zero attached hydrogens (tertiary/aromatic N) is 2. The van der Waals surface area contributed by atoms with Crippen molar-refractivity contribution in [1.82, 2.24) is 0 Å². The Labute approximate surface area is 136 Å². The highest BCUT2D eigenvalue weighted by atomic mass is 32.2. The van der Waals surface area contributed by atoms with Gasteiger partial charge in [0.15, 0.2) is 9.84 Å². The van der Waals surface area contributed by atoms with Crippen molar-refractivity contribution in [2.45, 2.75) is 24.7 Å². The molecule has 1 saturated heterocycles. The number of nitro benzene ring substituents is 1. The van der Waals surface area contributed by atoms with Gasteiger partial charge in [0, 0.05) is 37.7 Å². The van der Waals surface area contributed by atoms with Gasteiger partial charge in [-0.05, 0) is 37.8 Å². The summed E-state index contributed by atoms with van der Waals surface area (Å²) < 4.78 is 29.2. The second-order valence-corrected chi connectivity index (χ2v) is 7.78. The molecule has 0 radical (unpaired) electrons. The van der Waals surface area contributed by atoms with Gasteiger partial charge in [-0.2, -0.15) is 0 Å². The van der Waals surface area contributed by atoms with E-state index in [0.29, 0.717) is 24.8 Å². The quantitative estimate of drug-likeness (QED) is 0.582. The van der Waals surface area contributed by atoms with E-state index in [4.69, 9.17) is 4.74 Å². The van der Waals surface area contributed by atoms with Gasteiger partial charge in [-0.1, -0.05) is 0 Å². The molecule has 0 aromatic heterocycles. The van der Waals surface area contributed by atoms with Crippen molar-refractivity contribution in [3.8, 4) is 0 Å². The molecule has 0 bridgehead atoms. The SMILES string of the molecule is CCOCC1CCCN(c2ccc([N+](=O)[O-])c(S(C)(=O)=O)c2)C1. The van der Waals surface area contributed by atoms with Crippen LogP contribution in [0.15, 0.2) is 23.1 Å². The van der Waals surface area contributed by atoms with E-state index in [1.165, 1.54) is 12.1 Å². The molecule has 23 heavy (non-hydrogen) atoms. The number of nitro groups is 1. The van der Waals surface area contributed by atoms with E-state index in [9.17, 15) is 18.5 Å². The summed E-state index contributed by atoms with van der Waals surface area (Å²) in [5, 5.41) is 11.0. The molecule has 1 aromatic carbocycles. The van der Waals surface area contributed by atoms with Crippen LogP contribution in [0.5, 0.6) is 0 Å². The maximum Gasteiger partial charge on any atom is 0.288 e. The maximum absolute atomic E-state index is 11.9. The first-order chi connectivity index (χ1) is 10.8. The highest BCUT2D eigenvalue weighted by Crippen LogP contribution is 2.31. The van der Waals surface area contributed by atoms with Crippen LogP contribution in [0.25, 0.3) is 0 Å². The van der Waals surface area contributed by atoms with E-state index in [2.05, 4.69) is 4.90 Å². The molecule has 1 aliphatic rings. The van der Waals surface area contributed by atoms with Crippen LogP contribution in [0.2, 0.25) is 0 Å². The van der Waals surface area contributed by atoms with Gasteiger partial charge >= 0.3 is 0 Å². The van der Waals surface area contributed by atoms with E-state index in [-0.39, 0.29) is 10.6 Å². The van der Waals surface area contributed by atoms with Gasteiger partial charge in [0.1, 0.15) is 4.90 Å². The predicted molar refractivity (Wildman–Crippen MR) is 87.6 cm³/mol. The Hall–Kier alpha value is -1.67. The maximum atomic E-state index is 11.9. The molecule has 1 unspecified atom stereocenters. The summed E-state index contributed by atoms with van der Waals surface area (Å²) in [6.07, 6.45) is 3.05. The number of rotatable bonds is 6. The first-order valence-corrected chi connectivity index (χ1v) is 9.53. The third-order valence-electron chi connectivity index (χ3n) is 3.98. The highest BCUT2D eigenvalue weighted by molar-refractivity contribution is 7.90. The zero-order valence-corrected chi connectivity index (χ0v) is 14.2. The molecule has 1 aliphatic heterocycles. The number of ether oxygens (including phenoxy) is 1. The van der Waals surface area contributed by atoms with Gasteiger partial charge in [-0.25, -0.2) is 8.42 Å². The normalized spacial score (nSPS) is 18.9. The fraction of sp³-hybridized carbons (Fsp3) is 0.600. The van der Waals surface area contributed by atoms with Crippen molar-refractivity contribution >= 4 is 21.2 Å².